The van der Waals surface area contributed by atoms with Gasteiger partial charge in [-0.25, -0.2) is 15.0 Å². The number of nitrogens with zero attached hydrogens (tertiary/aromatic N) is 4. The second kappa shape index (κ2) is 8.88. The standard InChI is InChI=1S/C23H25N7O4/c24-15-3-1-2-14(8-15)13-6-4-12(5-7-13)9-26-23-29-17-20(25)27-11-28-21(17)30(23)22-19(33)18(32)16(10-31)34-22/h1-8,11,16,18-19,22,31-33H,9-10,24H2,(H,26,29)(H2,25,27,28)/t16-,18-,19-,22-/m1/s1. The molecule has 3 heterocycles. The van der Waals surface area contributed by atoms with Crippen molar-refractivity contribution >= 4 is 28.6 Å². The van der Waals surface area contributed by atoms with Gasteiger partial charge in [-0.15, -0.1) is 0 Å². The number of imidazole rings is 1. The number of hydrogen-bond acceptors (Lipinski definition) is 10. The van der Waals surface area contributed by atoms with Crippen molar-refractivity contribution in [1.29, 1.82) is 0 Å². The highest BCUT2D eigenvalue weighted by Gasteiger charge is 2.45. The number of aliphatic hydroxyl groups is 3. The first kappa shape index (κ1) is 22.0. The molecule has 2 aromatic heterocycles. The van der Waals surface area contributed by atoms with Crippen LogP contribution in [0.15, 0.2) is 54.9 Å². The molecule has 4 atom stereocenters. The van der Waals surface area contributed by atoms with E-state index in [0.717, 1.165) is 16.7 Å². The number of nitrogens with two attached hydrogens (primary N) is 2. The predicted molar refractivity (Wildman–Crippen MR) is 126 cm³/mol. The van der Waals surface area contributed by atoms with Gasteiger partial charge in [-0.3, -0.25) is 4.57 Å². The van der Waals surface area contributed by atoms with Gasteiger partial charge in [0.2, 0.25) is 5.95 Å². The van der Waals surface area contributed by atoms with Gasteiger partial charge in [0.1, 0.15) is 24.6 Å². The number of nitrogens with one attached hydrogen (secondary N) is 1. The van der Waals surface area contributed by atoms with Crippen molar-refractivity contribution in [2.45, 2.75) is 31.1 Å². The number of aliphatic hydroxyl groups excluding tert-OH is 3. The van der Waals surface area contributed by atoms with Crippen molar-refractivity contribution < 1.29 is 20.1 Å². The fourth-order valence-electron chi connectivity index (χ4n) is 4.10. The van der Waals surface area contributed by atoms with E-state index < -0.39 is 31.1 Å². The lowest BCUT2D eigenvalue weighted by Crippen LogP contribution is -2.33. The predicted octanol–water partition coefficient (Wildman–Crippen LogP) is 0.881. The summed E-state index contributed by atoms with van der Waals surface area (Å²) < 4.78 is 7.24. The van der Waals surface area contributed by atoms with E-state index in [-0.39, 0.29) is 5.82 Å². The maximum atomic E-state index is 10.6. The number of benzene rings is 2. The summed E-state index contributed by atoms with van der Waals surface area (Å²) in [5.74, 6) is 0.502. The summed E-state index contributed by atoms with van der Waals surface area (Å²) >= 11 is 0. The zero-order valence-corrected chi connectivity index (χ0v) is 18.1. The van der Waals surface area contributed by atoms with Crippen LogP contribution in [0.5, 0.6) is 0 Å². The Morgan fingerprint density at radius 2 is 1.79 bits per heavy atom. The van der Waals surface area contributed by atoms with E-state index in [4.69, 9.17) is 16.2 Å². The molecule has 5 rings (SSSR count). The van der Waals surface area contributed by atoms with Crippen LogP contribution in [-0.2, 0) is 11.3 Å². The largest absolute Gasteiger partial charge is 0.399 e. The van der Waals surface area contributed by atoms with Crippen LogP contribution >= 0.6 is 0 Å². The summed E-state index contributed by atoms with van der Waals surface area (Å²) in [6, 6.07) is 15.7. The van der Waals surface area contributed by atoms with E-state index in [1.807, 2.05) is 48.5 Å². The first-order valence-electron chi connectivity index (χ1n) is 10.8. The van der Waals surface area contributed by atoms with Crippen molar-refractivity contribution in [3.63, 3.8) is 0 Å². The van der Waals surface area contributed by atoms with Gasteiger partial charge in [0, 0.05) is 12.2 Å². The fraction of sp³-hybridized carbons (Fsp3) is 0.261. The number of hydrogen-bond donors (Lipinski definition) is 6. The Balaban J connectivity index is 1.43. The molecule has 0 saturated carbocycles. The van der Waals surface area contributed by atoms with E-state index in [2.05, 4.69) is 20.3 Å². The second-order valence-corrected chi connectivity index (χ2v) is 8.14. The number of ether oxygens (including phenoxy) is 1. The zero-order valence-electron chi connectivity index (χ0n) is 18.1. The average Bonchev–Trinajstić information content (AvgIpc) is 3.35. The molecule has 1 saturated heterocycles. The lowest BCUT2D eigenvalue weighted by molar-refractivity contribution is -0.0501. The van der Waals surface area contributed by atoms with Gasteiger partial charge in [0.05, 0.1) is 6.61 Å². The van der Waals surface area contributed by atoms with E-state index in [1.165, 1.54) is 10.9 Å². The van der Waals surface area contributed by atoms with E-state index >= 15 is 0 Å². The third kappa shape index (κ3) is 3.90. The molecule has 0 radical (unpaired) electrons. The van der Waals surface area contributed by atoms with Crippen LogP contribution in [0.2, 0.25) is 0 Å². The summed E-state index contributed by atoms with van der Waals surface area (Å²) in [6.07, 6.45) is -3.25. The van der Waals surface area contributed by atoms with Crippen molar-refractivity contribution in [2.75, 3.05) is 23.4 Å². The van der Waals surface area contributed by atoms with Crippen LogP contribution in [0, 0.1) is 0 Å². The molecule has 34 heavy (non-hydrogen) atoms. The van der Waals surface area contributed by atoms with Crippen LogP contribution in [0.3, 0.4) is 0 Å². The Morgan fingerprint density at radius 3 is 2.50 bits per heavy atom. The van der Waals surface area contributed by atoms with Gasteiger partial charge in [-0.05, 0) is 28.8 Å². The monoisotopic (exact) mass is 463 g/mol. The van der Waals surface area contributed by atoms with E-state index in [9.17, 15) is 15.3 Å². The maximum absolute atomic E-state index is 10.6. The molecule has 0 unspecified atom stereocenters. The molecule has 2 aromatic carbocycles. The lowest BCUT2D eigenvalue weighted by atomic mass is 10.0. The molecule has 1 aliphatic heterocycles. The minimum atomic E-state index is -1.30. The highest BCUT2D eigenvalue weighted by molar-refractivity contribution is 5.84. The van der Waals surface area contributed by atoms with Crippen molar-refractivity contribution in [3.05, 3.63) is 60.4 Å². The third-order valence-electron chi connectivity index (χ3n) is 5.90. The van der Waals surface area contributed by atoms with Crippen LogP contribution in [0.25, 0.3) is 22.3 Å². The van der Waals surface area contributed by atoms with Crippen LogP contribution in [0.1, 0.15) is 11.8 Å². The Kier molecular flexibility index (Phi) is 5.75. The highest BCUT2D eigenvalue weighted by Crippen LogP contribution is 2.35. The molecule has 8 N–H and O–H groups in total. The summed E-state index contributed by atoms with van der Waals surface area (Å²) in [5.41, 5.74) is 16.3. The summed E-state index contributed by atoms with van der Waals surface area (Å²) in [7, 11) is 0. The van der Waals surface area contributed by atoms with Gasteiger partial charge in [0.25, 0.3) is 0 Å². The second-order valence-electron chi connectivity index (χ2n) is 8.14. The van der Waals surface area contributed by atoms with Gasteiger partial charge < -0.3 is 36.8 Å². The van der Waals surface area contributed by atoms with Crippen LogP contribution in [-0.4, -0.2) is 59.8 Å². The van der Waals surface area contributed by atoms with Crippen molar-refractivity contribution in [3.8, 4) is 11.1 Å². The van der Waals surface area contributed by atoms with Crippen molar-refractivity contribution in [1.82, 2.24) is 19.5 Å². The average molecular weight is 463 g/mol. The molecule has 0 spiro atoms. The molecule has 0 aliphatic carbocycles. The molecule has 11 nitrogen and oxygen atoms in total. The number of nitrogen functional groups attached to an aromatic ring is 2. The zero-order chi connectivity index (χ0) is 23.8. The molecule has 0 amide bonds. The summed E-state index contributed by atoms with van der Waals surface area (Å²) in [4.78, 5) is 12.7. The summed E-state index contributed by atoms with van der Waals surface area (Å²) in [5, 5.41) is 33.5. The Morgan fingerprint density at radius 1 is 1.00 bits per heavy atom. The Hall–Kier alpha value is -3.77. The Bertz CT molecular complexity index is 1310. The number of fused-ring (bicyclic) bond motifs is 1. The maximum Gasteiger partial charge on any atom is 0.207 e. The molecule has 176 valence electrons. The minimum absolute atomic E-state index is 0.171. The lowest BCUT2D eigenvalue weighted by Gasteiger charge is -2.19. The summed E-state index contributed by atoms with van der Waals surface area (Å²) in [6.45, 7) is -0.0384. The van der Waals surface area contributed by atoms with Gasteiger partial charge in [0.15, 0.2) is 23.2 Å². The minimum Gasteiger partial charge on any atom is -0.399 e. The van der Waals surface area contributed by atoms with Gasteiger partial charge in [-0.1, -0.05) is 36.4 Å². The normalized spacial score (nSPS) is 22.3. The third-order valence-corrected chi connectivity index (χ3v) is 5.90. The molecule has 0 bridgehead atoms. The van der Waals surface area contributed by atoms with Crippen LogP contribution in [0.4, 0.5) is 17.5 Å². The smallest absolute Gasteiger partial charge is 0.207 e. The topological polar surface area (TPSA) is 178 Å². The molecule has 11 heteroatoms. The molecule has 4 aromatic rings. The van der Waals surface area contributed by atoms with E-state index in [1.54, 1.807) is 0 Å². The van der Waals surface area contributed by atoms with Crippen LogP contribution < -0.4 is 16.8 Å². The fourth-order valence-corrected chi connectivity index (χ4v) is 4.10. The molecular formula is C23H25N7O4. The molecule has 1 fully saturated rings. The van der Waals surface area contributed by atoms with Crippen molar-refractivity contribution in [2.24, 2.45) is 0 Å². The SMILES string of the molecule is Nc1cccc(-c2ccc(CNc3nc4c(N)ncnc4n3[C@@H]3O[C@H](CO)[C@@H](O)[C@H]3O)cc2)c1. The highest BCUT2D eigenvalue weighted by atomic mass is 16.6. The Labute approximate surface area is 194 Å². The first-order valence-corrected chi connectivity index (χ1v) is 10.8. The quantitative estimate of drug-likeness (QED) is 0.225. The van der Waals surface area contributed by atoms with Gasteiger partial charge >= 0.3 is 0 Å². The number of aromatic nitrogens is 4. The first-order chi connectivity index (χ1) is 16.5. The van der Waals surface area contributed by atoms with Gasteiger partial charge in [-0.2, -0.15) is 0 Å². The molecule has 1 aliphatic rings. The number of anilines is 3. The van der Waals surface area contributed by atoms with E-state index in [0.29, 0.717) is 29.3 Å². The number of rotatable bonds is 6. The molecular weight excluding hydrogens is 438 g/mol.